The lowest BCUT2D eigenvalue weighted by molar-refractivity contribution is -0.144. The fourth-order valence-corrected chi connectivity index (χ4v) is 6.67. The molecule has 6 rings (SSSR count). The first kappa shape index (κ1) is 37.4. The molecule has 0 saturated carbocycles. The smallest absolute Gasteiger partial charge is 0.307 e. The van der Waals surface area contributed by atoms with Gasteiger partial charge in [0, 0.05) is 42.7 Å². The van der Waals surface area contributed by atoms with Gasteiger partial charge in [0.15, 0.2) is 5.78 Å². The molecular formula is C39H40N4O8S. The highest BCUT2D eigenvalue weighted by molar-refractivity contribution is 7.09. The number of phenols is 1. The van der Waals surface area contributed by atoms with Crippen molar-refractivity contribution in [2.45, 2.75) is 63.1 Å². The topological polar surface area (TPSA) is 191 Å². The average molecular weight is 725 g/mol. The minimum Gasteiger partial charge on any atom is -0.508 e. The molecule has 0 fully saturated rings. The van der Waals surface area contributed by atoms with Crippen LogP contribution in [0.3, 0.4) is 0 Å². The Morgan fingerprint density at radius 2 is 1.27 bits per heavy atom. The summed E-state index contributed by atoms with van der Waals surface area (Å²) in [6.07, 6.45) is -0.576. The quantitative estimate of drug-likeness (QED) is 0.156. The number of phenolic OH excluding ortho intramolecular Hbond substituents is 1. The van der Waals surface area contributed by atoms with Crippen molar-refractivity contribution in [3.63, 3.8) is 0 Å². The van der Waals surface area contributed by atoms with E-state index in [1.54, 1.807) is 60.7 Å². The molecule has 12 nitrogen and oxygen atoms in total. The Balaban J connectivity index is 1.50. The van der Waals surface area contributed by atoms with Gasteiger partial charge in [0.25, 0.3) is 0 Å². The third-order valence-electron chi connectivity index (χ3n) is 8.73. The first-order valence-electron chi connectivity index (χ1n) is 16.9. The van der Waals surface area contributed by atoms with E-state index < -0.39 is 59.4 Å². The first-order valence-corrected chi connectivity index (χ1v) is 17.8. The van der Waals surface area contributed by atoms with Crippen molar-refractivity contribution < 1.29 is 39.0 Å². The zero-order chi connectivity index (χ0) is 37.0. The molecule has 3 aromatic carbocycles. The number of hydrogen-bond acceptors (Lipinski definition) is 8. The Morgan fingerprint density at radius 1 is 0.654 bits per heavy atom. The van der Waals surface area contributed by atoms with Crippen LogP contribution in [-0.4, -0.2) is 63.7 Å². The van der Waals surface area contributed by atoms with Crippen LogP contribution in [0.2, 0.25) is 0 Å². The van der Waals surface area contributed by atoms with E-state index in [0.29, 0.717) is 16.8 Å². The number of carbonyl (C=O) groups is 6. The van der Waals surface area contributed by atoms with E-state index >= 15 is 0 Å². The number of fused-ring (bicyclic) bond motifs is 18. The van der Waals surface area contributed by atoms with Crippen LogP contribution in [-0.2, 0) is 54.5 Å². The SMILES string of the molecule is O=C1CCC(=O)N[C@H](Cc2cccs2)C(=O)N[C@@H](Cc2ccc(O)cc2)C(=O)N[C@H](Cc2ccccc2)C(=O)C[C@H](C(=O)O)Cc2ccc(cc2)N1. The molecule has 2 bridgehead atoms. The largest absolute Gasteiger partial charge is 0.508 e. The van der Waals surface area contributed by atoms with E-state index in [2.05, 4.69) is 21.3 Å². The number of hydrogen-bond donors (Lipinski definition) is 6. The first-order chi connectivity index (χ1) is 25.0. The number of aliphatic carboxylic acids is 1. The predicted molar refractivity (Wildman–Crippen MR) is 195 cm³/mol. The highest BCUT2D eigenvalue weighted by Gasteiger charge is 2.32. The molecule has 4 aromatic rings. The molecular weight excluding hydrogens is 685 g/mol. The highest BCUT2D eigenvalue weighted by atomic mass is 32.1. The van der Waals surface area contributed by atoms with Gasteiger partial charge in [0.2, 0.25) is 23.6 Å². The summed E-state index contributed by atoms with van der Waals surface area (Å²) in [4.78, 5) is 81.0. The number of nitrogens with one attached hydrogen (secondary N) is 4. The van der Waals surface area contributed by atoms with E-state index in [-0.39, 0.29) is 50.7 Å². The van der Waals surface area contributed by atoms with Crippen molar-refractivity contribution in [1.29, 1.82) is 0 Å². The van der Waals surface area contributed by atoms with E-state index in [1.807, 2.05) is 23.6 Å². The number of anilines is 1. The standard InChI is InChI=1S/C39H40N4O8S/c44-29-14-10-26(11-15-29)21-32-37(48)42-31(20-24-5-2-1-3-6-24)34(45)22-27(39(50)51)19-25-8-12-28(13-9-25)40-35(46)16-17-36(47)41-33(38(49)43-32)23-30-7-4-18-52-30/h1-15,18,27,31-33,44H,16-17,19-23H2,(H,40,46)(H,41,47)(H,42,48)(H,43,49)(H,50,51)/t27-,31-,32+,33-/m1/s1. The molecule has 0 saturated heterocycles. The van der Waals surface area contributed by atoms with Crippen LogP contribution < -0.4 is 21.3 Å². The summed E-state index contributed by atoms with van der Waals surface area (Å²) in [6, 6.07) is 21.8. The van der Waals surface area contributed by atoms with E-state index in [4.69, 9.17) is 0 Å². The number of carboxylic acids is 1. The number of aromatic hydroxyl groups is 1. The van der Waals surface area contributed by atoms with Crippen LogP contribution in [0, 0.1) is 5.92 Å². The van der Waals surface area contributed by atoms with Crippen molar-refractivity contribution in [1.82, 2.24) is 16.0 Å². The van der Waals surface area contributed by atoms with Gasteiger partial charge in [-0.2, -0.15) is 0 Å². The molecule has 270 valence electrons. The zero-order valence-electron chi connectivity index (χ0n) is 28.2. The molecule has 0 radical (unpaired) electrons. The van der Waals surface area contributed by atoms with Gasteiger partial charge in [0.1, 0.15) is 17.8 Å². The Labute approximate surface area is 304 Å². The van der Waals surface area contributed by atoms with Gasteiger partial charge in [-0.05, 0) is 65.2 Å². The number of benzene rings is 3. The second kappa shape index (κ2) is 17.9. The number of rotatable bonds is 7. The number of carboxylic acid groups (broad SMARTS) is 1. The zero-order valence-corrected chi connectivity index (χ0v) is 29.1. The van der Waals surface area contributed by atoms with Crippen molar-refractivity contribution in [2.24, 2.45) is 5.92 Å². The maximum Gasteiger partial charge on any atom is 0.307 e. The van der Waals surface area contributed by atoms with E-state index in [1.165, 1.54) is 23.5 Å². The average Bonchev–Trinajstić information content (AvgIpc) is 3.64. The molecule has 0 unspecified atom stereocenters. The Bertz CT molecular complexity index is 1860. The van der Waals surface area contributed by atoms with Gasteiger partial charge in [-0.15, -0.1) is 11.3 Å². The van der Waals surface area contributed by atoms with Gasteiger partial charge in [-0.3, -0.25) is 28.8 Å². The van der Waals surface area contributed by atoms with Gasteiger partial charge < -0.3 is 31.5 Å². The molecule has 2 aliphatic rings. The molecule has 52 heavy (non-hydrogen) atoms. The van der Waals surface area contributed by atoms with E-state index in [9.17, 15) is 39.0 Å². The highest BCUT2D eigenvalue weighted by Crippen LogP contribution is 2.20. The van der Waals surface area contributed by atoms with Crippen LogP contribution in [0.25, 0.3) is 0 Å². The summed E-state index contributed by atoms with van der Waals surface area (Å²) in [6.45, 7) is 0. The number of thiophene rings is 1. The molecule has 4 amide bonds. The molecule has 0 spiro atoms. The summed E-state index contributed by atoms with van der Waals surface area (Å²) in [5.74, 6) is -5.11. The Morgan fingerprint density at radius 3 is 1.92 bits per heavy atom. The lowest BCUT2D eigenvalue weighted by Gasteiger charge is -2.26. The Hall–Kier alpha value is -5.82. The monoisotopic (exact) mass is 724 g/mol. The Kier molecular flexibility index (Phi) is 12.9. The molecule has 13 heteroatoms. The maximum atomic E-state index is 14.1. The summed E-state index contributed by atoms with van der Waals surface area (Å²) < 4.78 is 0. The second-order valence-corrected chi connectivity index (χ2v) is 13.8. The number of Topliss-reactive ketones (excluding diaryl/α,β-unsaturated/α-hetero) is 1. The normalized spacial score (nSPS) is 20.9. The molecule has 2 aliphatic heterocycles. The van der Waals surface area contributed by atoms with Crippen LogP contribution in [0.5, 0.6) is 5.75 Å². The molecule has 4 atom stereocenters. The van der Waals surface area contributed by atoms with Crippen molar-refractivity contribution in [2.75, 3.05) is 5.32 Å². The van der Waals surface area contributed by atoms with Gasteiger partial charge in [-0.25, -0.2) is 0 Å². The third-order valence-corrected chi connectivity index (χ3v) is 9.63. The third kappa shape index (κ3) is 11.1. The van der Waals surface area contributed by atoms with E-state index in [0.717, 1.165) is 10.4 Å². The number of amides is 4. The fourth-order valence-electron chi connectivity index (χ4n) is 5.91. The lowest BCUT2D eigenvalue weighted by Crippen LogP contribution is -2.57. The van der Waals surface area contributed by atoms with Crippen molar-refractivity contribution >= 4 is 52.4 Å². The number of ketones is 1. The maximum absolute atomic E-state index is 14.1. The minimum absolute atomic E-state index is 0.00827. The minimum atomic E-state index is -1.24. The van der Waals surface area contributed by atoms with Gasteiger partial charge >= 0.3 is 5.97 Å². The number of carbonyl (C=O) groups excluding carboxylic acids is 5. The van der Waals surface area contributed by atoms with Crippen molar-refractivity contribution in [3.8, 4) is 5.75 Å². The summed E-state index contributed by atoms with van der Waals surface area (Å²) in [7, 11) is 0. The van der Waals surface area contributed by atoms with Crippen LogP contribution in [0.15, 0.2) is 96.4 Å². The molecule has 0 aliphatic carbocycles. The summed E-state index contributed by atoms with van der Waals surface area (Å²) in [5.41, 5.74) is 2.40. The predicted octanol–water partition coefficient (Wildman–Crippen LogP) is 3.57. The fraction of sp³-hybridized carbons (Fsp3) is 0.282. The van der Waals surface area contributed by atoms with Gasteiger partial charge in [0.05, 0.1) is 12.0 Å². The van der Waals surface area contributed by atoms with Crippen molar-refractivity contribution in [3.05, 3.63) is 118 Å². The van der Waals surface area contributed by atoms with Crippen LogP contribution >= 0.6 is 11.3 Å². The molecule has 6 N–H and O–H groups in total. The van der Waals surface area contributed by atoms with Crippen LogP contribution in [0.4, 0.5) is 5.69 Å². The summed E-state index contributed by atoms with van der Waals surface area (Å²) >= 11 is 1.39. The van der Waals surface area contributed by atoms with Gasteiger partial charge in [-0.1, -0.05) is 60.7 Å². The second-order valence-electron chi connectivity index (χ2n) is 12.7. The molecule has 3 heterocycles. The lowest BCUT2D eigenvalue weighted by atomic mass is 9.90. The van der Waals surface area contributed by atoms with Crippen LogP contribution in [0.1, 0.15) is 40.8 Å². The summed E-state index contributed by atoms with van der Waals surface area (Å²) in [5, 5.41) is 32.8. The molecule has 1 aromatic heterocycles.